The van der Waals surface area contributed by atoms with Crippen molar-refractivity contribution in [3.63, 3.8) is 0 Å². The van der Waals surface area contributed by atoms with Crippen molar-refractivity contribution < 1.29 is 9.47 Å². The summed E-state index contributed by atoms with van der Waals surface area (Å²) in [6.45, 7) is 0.462. The standard InChI is InChI=1S/C23H19BrN4O2S/c1-29-21-13-17(11-12-20(21)30-15-16-7-3-2-4-8-16)14-25-28-22(26-27-23(28)31)18-9-5-6-10-19(18)24/h2-14H,15H2,1H3,(H,27,31)/b25-14+. The Labute approximate surface area is 193 Å². The van der Waals surface area contributed by atoms with Crippen LogP contribution in [0.5, 0.6) is 11.5 Å². The maximum atomic E-state index is 5.92. The van der Waals surface area contributed by atoms with E-state index in [0.717, 1.165) is 21.2 Å². The van der Waals surface area contributed by atoms with Gasteiger partial charge in [0.25, 0.3) is 0 Å². The van der Waals surface area contributed by atoms with Gasteiger partial charge in [-0.3, -0.25) is 0 Å². The molecule has 0 atom stereocenters. The second-order valence-corrected chi connectivity index (χ2v) is 7.81. The number of aromatic amines is 1. The summed E-state index contributed by atoms with van der Waals surface area (Å²) < 4.78 is 14.3. The number of hydrogen-bond donors (Lipinski definition) is 1. The van der Waals surface area contributed by atoms with Crippen molar-refractivity contribution in [1.82, 2.24) is 14.9 Å². The Morgan fingerprint density at radius 1 is 1.06 bits per heavy atom. The van der Waals surface area contributed by atoms with Gasteiger partial charge in [0.15, 0.2) is 17.3 Å². The number of H-pyrrole nitrogens is 1. The van der Waals surface area contributed by atoms with Crippen LogP contribution >= 0.6 is 28.1 Å². The van der Waals surface area contributed by atoms with Crippen molar-refractivity contribution in [2.45, 2.75) is 6.61 Å². The van der Waals surface area contributed by atoms with Crippen LogP contribution < -0.4 is 9.47 Å². The van der Waals surface area contributed by atoms with Crippen LogP contribution in [0.4, 0.5) is 0 Å². The number of methoxy groups -OCH3 is 1. The maximum Gasteiger partial charge on any atom is 0.216 e. The molecule has 4 aromatic rings. The van der Waals surface area contributed by atoms with Gasteiger partial charge in [0.2, 0.25) is 4.77 Å². The van der Waals surface area contributed by atoms with E-state index in [4.69, 9.17) is 21.7 Å². The molecule has 1 heterocycles. The molecule has 0 saturated heterocycles. The van der Waals surface area contributed by atoms with Gasteiger partial charge in [0, 0.05) is 10.0 Å². The van der Waals surface area contributed by atoms with Crippen LogP contribution in [0, 0.1) is 4.77 Å². The highest BCUT2D eigenvalue weighted by molar-refractivity contribution is 9.10. The minimum atomic E-state index is 0.400. The molecule has 0 aliphatic carbocycles. The average molecular weight is 495 g/mol. The summed E-state index contributed by atoms with van der Waals surface area (Å²) in [6.07, 6.45) is 1.70. The van der Waals surface area contributed by atoms with E-state index >= 15 is 0 Å². The van der Waals surface area contributed by atoms with E-state index in [1.165, 1.54) is 0 Å². The summed E-state index contributed by atoms with van der Waals surface area (Å²) in [4.78, 5) is 0. The predicted octanol–water partition coefficient (Wildman–Crippen LogP) is 5.84. The number of benzene rings is 3. The van der Waals surface area contributed by atoms with E-state index in [0.29, 0.717) is 28.7 Å². The zero-order valence-corrected chi connectivity index (χ0v) is 19.1. The van der Waals surface area contributed by atoms with Gasteiger partial charge in [-0.25, -0.2) is 5.10 Å². The highest BCUT2D eigenvalue weighted by Gasteiger charge is 2.11. The van der Waals surface area contributed by atoms with Gasteiger partial charge in [-0.05, 0) is 53.7 Å². The molecular formula is C23H19BrN4O2S. The second-order valence-electron chi connectivity index (χ2n) is 6.57. The minimum Gasteiger partial charge on any atom is -0.493 e. The molecule has 0 aliphatic heterocycles. The van der Waals surface area contributed by atoms with Crippen molar-refractivity contribution >= 4 is 34.4 Å². The lowest BCUT2D eigenvalue weighted by molar-refractivity contribution is 0.284. The lowest BCUT2D eigenvalue weighted by Gasteiger charge is -2.11. The van der Waals surface area contributed by atoms with E-state index in [-0.39, 0.29) is 0 Å². The molecule has 156 valence electrons. The molecule has 0 bridgehead atoms. The lowest BCUT2D eigenvalue weighted by atomic mass is 10.2. The third-order valence-corrected chi connectivity index (χ3v) is 5.47. The van der Waals surface area contributed by atoms with Gasteiger partial charge in [-0.1, -0.05) is 58.4 Å². The summed E-state index contributed by atoms with van der Waals surface area (Å²) >= 11 is 8.90. The summed E-state index contributed by atoms with van der Waals surface area (Å²) in [5, 5.41) is 11.6. The Hall–Kier alpha value is -3.23. The van der Waals surface area contributed by atoms with Crippen molar-refractivity contribution in [3.8, 4) is 22.9 Å². The van der Waals surface area contributed by atoms with Crippen LogP contribution in [0.25, 0.3) is 11.4 Å². The third kappa shape index (κ3) is 4.92. The highest BCUT2D eigenvalue weighted by Crippen LogP contribution is 2.29. The number of halogens is 1. The molecule has 0 amide bonds. The monoisotopic (exact) mass is 494 g/mol. The molecule has 0 radical (unpaired) electrons. The fourth-order valence-corrected chi connectivity index (χ4v) is 3.60. The second kappa shape index (κ2) is 9.72. The molecular weight excluding hydrogens is 476 g/mol. The summed E-state index contributed by atoms with van der Waals surface area (Å²) in [6, 6.07) is 23.4. The van der Waals surface area contributed by atoms with Gasteiger partial charge in [0.05, 0.1) is 13.3 Å². The van der Waals surface area contributed by atoms with Crippen LogP contribution in [0.15, 0.2) is 82.4 Å². The van der Waals surface area contributed by atoms with E-state index in [1.54, 1.807) is 18.0 Å². The smallest absolute Gasteiger partial charge is 0.216 e. The van der Waals surface area contributed by atoms with Gasteiger partial charge in [0.1, 0.15) is 6.61 Å². The molecule has 6 nitrogen and oxygen atoms in total. The van der Waals surface area contributed by atoms with E-state index in [2.05, 4.69) is 31.2 Å². The number of hydrogen-bond acceptors (Lipinski definition) is 5. The SMILES string of the molecule is COc1cc(/C=N/n2c(-c3ccccc3Br)n[nH]c2=S)ccc1OCc1ccccc1. The normalized spacial score (nSPS) is 11.0. The van der Waals surface area contributed by atoms with Crippen molar-refractivity contribution in [2.75, 3.05) is 7.11 Å². The zero-order chi connectivity index (χ0) is 21.6. The van der Waals surface area contributed by atoms with E-state index < -0.39 is 0 Å². The molecule has 0 spiro atoms. The molecule has 0 aliphatic rings. The fraction of sp³-hybridized carbons (Fsp3) is 0.0870. The van der Waals surface area contributed by atoms with Crippen LogP contribution in [0.2, 0.25) is 0 Å². The zero-order valence-electron chi connectivity index (χ0n) is 16.7. The molecule has 1 N–H and O–H groups in total. The number of aromatic nitrogens is 3. The van der Waals surface area contributed by atoms with Crippen molar-refractivity contribution in [1.29, 1.82) is 0 Å². The predicted molar refractivity (Wildman–Crippen MR) is 127 cm³/mol. The Morgan fingerprint density at radius 3 is 2.61 bits per heavy atom. The lowest BCUT2D eigenvalue weighted by Crippen LogP contribution is -1.99. The Balaban J connectivity index is 1.57. The summed E-state index contributed by atoms with van der Waals surface area (Å²) in [5.41, 5.74) is 2.81. The Bertz CT molecular complexity index is 1270. The molecule has 4 rings (SSSR count). The molecule has 0 unspecified atom stereocenters. The quantitative estimate of drug-likeness (QED) is 0.259. The molecule has 8 heteroatoms. The summed E-state index contributed by atoms with van der Waals surface area (Å²) in [5.74, 6) is 1.91. The van der Waals surface area contributed by atoms with Crippen molar-refractivity contribution in [3.05, 3.63) is 93.2 Å². The van der Waals surface area contributed by atoms with Gasteiger partial charge < -0.3 is 9.47 Å². The van der Waals surface area contributed by atoms with Crippen molar-refractivity contribution in [2.24, 2.45) is 5.10 Å². The third-order valence-electron chi connectivity index (χ3n) is 4.51. The van der Waals surface area contributed by atoms with Crippen LogP contribution in [-0.2, 0) is 6.61 Å². The first kappa shape index (κ1) is 21.0. The Kier molecular flexibility index (Phi) is 6.59. The van der Waals surface area contributed by atoms with Crippen LogP contribution in [0.3, 0.4) is 0 Å². The number of ether oxygens (including phenoxy) is 2. The maximum absolute atomic E-state index is 5.92. The van der Waals surface area contributed by atoms with E-state index in [1.807, 2.05) is 72.8 Å². The fourth-order valence-electron chi connectivity index (χ4n) is 2.96. The van der Waals surface area contributed by atoms with Gasteiger partial charge in [-0.2, -0.15) is 14.9 Å². The van der Waals surface area contributed by atoms with Gasteiger partial charge >= 0.3 is 0 Å². The topological polar surface area (TPSA) is 64.4 Å². The molecule has 31 heavy (non-hydrogen) atoms. The Morgan fingerprint density at radius 2 is 1.84 bits per heavy atom. The highest BCUT2D eigenvalue weighted by atomic mass is 79.9. The molecule has 3 aromatic carbocycles. The molecule has 1 aromatic heterocycles. The van der Waals surface area contributed by atoms with Gasteiger partial charge in [-0.15, -0.1) is 0 Å². The first-order chi connectivity index (χ1) is 15.2. The molecule has 0 fully saturated rings. The van der Waals surface area contributed by atoms with Crippen LogP contribution in [-0.4, -0.2) is 28.2 Å². The average Bonchev–Trinajstić information content (AvgIpc) is 3.17. The number of rotatable bonds is 7. The minimum absolute atomic E-state index is 0.400. The van der Waals surface area contributed by atoms with E-state index in [9.17, 15) is 0 Å². The number of nitrogens with zero attached hydrogens (tertiary/aromatic N) is 3. The largest absolute Gasteiger partial charge is 0.493 e. The first-order valence-corrected chi connectivity index (χ1v) is 10.7. The number of nitrogens with one attached hydrogen (secondary N) is 1. The molecule has 0 saturated carbocycles. The first-order valence-electron chi connectivity index (χ1n) is 9.47. The van der Waals surface area contributed by atoms with Crippen LogP contribution in [0.1, 0.15) is 11.1 Å². The summed E-state index contributed by atoms with van der Waals surface area (Å²) in [7, 11) is 1.61.